The first-order valence-corrected chi connectivity index (χ1v) is 4.05. The first-order chi connectivity index (χ1) is 7.11. The molecule has 0 aliphatic heterocycles. The van der Waals surface area contributed by atoms with Crippen molar-refractivity contribution in [1.29, 1.82) is 0 Å². The molecule has 1 aromatic heterocycles. The second-order valence-corrected chi connectivity index (χ2v) is 2.90. The summed E-state index contributed by atoms with van der Waals surface area (Å²) in [6.45, 7) is 0. The van der Waals surface area contributed by atoms with Gasteiger partial charge in [0.05, 0.1) is 0 Å². The van der Waals surface area contributed by atoms with Gasteiger partial charge in [-0.25, -0.2) is 13.2 Å². The van der Waals surface area contributed by atoms with Crippen molar-refractivity contribution in [3.8, 4) is 11.3 Å². The van der Waals surface area contributed by atoms with Crippen LogP contribution in [-0.2, 0) is 0 Å². The minimum absolute atomic E-state index is 0.239. The number of aromatic amines is 1. The van der Waals surface area contributed by atoms with Gasteiger partial charge in [0.2, 0.25) is 0 Å². The highest BCUT2D eigenvalue weighted by Crippen LogP contribution is 2.26. The van der Waals surface area contributed by atoms with E-state index in [2.05, 4.69) is 10.2 Å². The van der Waals surface area contributed by atoms with Gasteiger partial charge in [-0.1, -0.05) is 6.07 Å². The zero-order valence-corrected chi connectivity index (χ0v) is 7.39. The maximum absolute atomic E-state index is 13.3. The molecule has 0 saturated heterocycles. The number of H-pyrrole nitrogens is 1. The molecule has 0 atom stereocenters. The molecule has 0 radical (unpaired) electrons. The lowest BCUT2D eigenvalue weighted by atomic mass is 10.1. The number of nitrogens with two attached hydrogens (primary N) is 1. The van der Waals surface area contributed by atoms with Gasteiger partial charge in [0, 0.05) is 5.56 Å². The Balaban J connectivity index is 2.64. The summed E-state index contributed by atoms with van der Waals surface area (Å²) in [4.78, 5) is 0. The molecule has 3 nitrogen and oxygen atoms in total. The number of benzene rings is 1. The average Bonchev–Trinajstić information content (AvgIpc) is 2.53. The number of nitrogen functional groups attached to an aromatic ring is 1. The van der Waals surface area contributed by atoms with Crippen molar-refractivity contribution >= 4 is 5.82 Å². The van der Waals surface area contributed by atoms with Gasteiger partial charge in [0.1, 0.15) is 5.69 Å². The predicted molar refractivity (Wildman–Crippen MR) is 48.3 cm³/mol. The standard InChI is InChI=1S/C9H6F3N3/c10-5-3-1-2-4(6(5)11)8-7(12)9(13)15-14-8/h1-3H,(H3,13,14,15). The number of rotatable bonds is 1. The van der Waals surface area contributed by atoms with Crippen LogP contribution in [0.2, 0.25) is 0 Å². The molecule has 78 valence electrons. The minimum Gasteiger partial charge on any atom is -0.380 e. The summed E-state index contributed by atoms with van der Waals surface area (Å²) >= 11 is 0. The molecule has 0 aliphatic carbocycles. The van der Waals surface area contributed by atoms with E-state index >= 15 is 0 Å². The van der Waals surface area contributed by atoms with Crippen LogP contribution in [0.1, 0.15) is 0 Å². The Morgan fingerprint density at radius 2 is 1.87 bits per heavy atom. The molecule has 6 heteroatoms. The number of nitrogens with one attached hydrogen (secondary N) is 1. The van der Waals surface area contributed by atoms with Crippen molar-refractivity contribution in [1.82, 2.24) is 10.2 Å². The Kier molecular flexibility index (Phi) is 2.11. The highest BCUT2D eigenvalue weighted by Gasteiger charge is 2.17. The quantitative estimate of drug-likeness (QED) is 0.761. The van der Waals surface area contributed by atoms with E-state index < -0.39 is 17.5 Å². The minimum atomic E-state index is -1.14. The van der Waals surface area contributed by atoms with Crippen LogP contribution in [-0.4, -0.2) is 10.2 Å². The van der Waals surface area contributed by atoms with Crippen LogP contribution in [0.25, 0.3) is 11.3 Å². The fourth-order valence-corrected chi connectivity index (χ4v) is 1.22. The average molecular weight is 213 g/mol. The van der Waals surface area contributed by atoms with Gasteiger partial charge in [-0.3, -0.25) is 5.10 Å². The van der Waals surface area contributed by atoms with Gasteiger partial charge in [-0.05, 0) is 12.1 Å². The Bertz CT molecular complexity index is 507. The third kappa shape index (κ3) is 1.43. The van der Waals surface area contributed by atoms with E-state index in [1.165, 1.54) is 12.1 Å². The zero-order valence-electron chi connectivity index (χ0n) is 7.39. The second kappa shape index (κ2) is 3.30. The number of nitrogens with zero attached hydrogens (tertiary/aromatic N) is 1. The van der Waals surface area contributed by atoms with E-state index in [0.717, 1.165) is 6.07 Å². The lowest BCUT2D eigenvalue weighted by molar-refractivity contribution is 0.510. The number of hydrogen-bond donors (Lipinski definition) is 2. The summed E-state index contributed by atoms with van der Waals surface area (Å²) in [5.74, 6) is -3.46. The molecule has 0 amide bonds. The SMILES string of the molecule is Nc1n[nH]c(-c2cccc(F)c2F)c1F. The number of halogens is 3. The summed E-state index contributed by atoms with van der Waals surface area (Å²) in [6.07, 6.45) is 0. The third-order valence-electron chi connectivity index (χ3n) is 1.95. The lowest BCUT2D eigenvalue weighted by Crippen LogP contribution is -1.92. The Labute approximate surface area is 82.7 Å². The summed E-state index contributed by atoms with van der Waals surface area (Å²) in [5, 5.41) is 5.55. The van der Waals surface area contributed by atoms with E-state index in [1.807, 2.05) is 0 Å². The fraction of sp³-hybridized carbons (Fsp3) is 0. The second-order valence-electron chi connectivity index (χ2n) is 2.90. The lowest BCUT2D eigenvalue weighted by Gasteiger charge is -2.00. The highest BCUT2D eigenvalue weighted by molar-refractivity contribution is 5.63. The predicted octanol–water partition coefficient (Wildman–Crippen LogP) is 2.08. The zero-order chi connectivity index (χ0) is 11.0. The molecule has 2 aromatic rings. The van der Waals surface area contributed by atoms with Crippen molar-refractivity contribution in [2.45, 2.75) is 0 Å². The van der Waals surface area contributed by atoms with Crippen LogP contribution in [0.15, 0.2) is 18.2 Å². The molecule has 0 fully saturated rings. The van der Waals surface area contributed by atoms with Gasteiger partial charge < -0.3 is 5.73 Å². The van der Waals surface area contributed by atoms with Gasteiger partial charge >= 0.3 is 0 Å². The Morgan fingerprint density at radius 1 is 1.13 bits per heavy atom. The first-order valence-electron chi connectivity index (χ1n) is 4.05. The summed E-state index contributed by atoms with van der Waals surface area (Å²) in [7, 11) is 0. The molecule has 15 heavy (non-hydrogen) atoms. The maximum atomic E-state index is 13.3. The van der Waals surface area contributed by atoms with Crippen molar-refractivity contribution < 1.29 is 13.2 Å². The van der Waals surface area contributed by atoms with Gasteiger partial charge in [0.25, 0.3) is 0 Å². The molecule has 3 N–H and O–H groups in total. The smallest absolute Gasteiger partial charge is 0.192 e. The molecule has 1 heterocycles. The molecular formula is C9H6F3N3. The van der Waals surface area contributed by atoms with Gasteiger partial charge in [-0.2, -0.15) is 5.10 Å². The largest absolute Gasteiger partial charge is 0.380 e. The van der Waals surface area contributed by atoms with Gasteiger partial charge in [0.15, 0.2) is 23.3 Å². The topological polar surface area (TPSA) is 54.7 Å². The molecule has 0 saturated carbocycles. The summed E-state index contributed by atoms with van der Waals surface area (Å²) < 4.78 is 39.3. The van der Waals surface area contributed by atoms with E-state index in [4.69, 9.17) is 5.73 Å². The first kappa shape index (κ1) is 9.57. The van der Waals surface area contributed by atoms with Crippen LogP contribution < -0.4 is 5.73 Å². The fourth-order valence-electron chi connectivity index (χ4n) is 1.22. The van der Waals surface area contributed by atoms with Crippen molar-refractivity contribution in [2.24, 2.45) is 0 Å². The number of anilines is 1. The summed E-state index contributed by atoms with van der Waals surface area (Å²) in [6, 6.07) is 3.44. The number of hydrogen-bond acceptors (Lipinski definition) is 2. The van der Waals surface area contributed by atoms with E-state index in [-0.39, 0.29) is 17.1 Å². The molecule has 1 aromatic carbocycles. The van der Waals surface area contributed by atoms with Crippen molar-refractivity contribution in [3.05, 3.63) is 35.7 Å². The van der Waals surface area contributed by atoms with Crippen LogP contribution in [0.5, 0.6) is 0 Å². The number of aromatic nitrogens is 2. The monoisotopic (exact) mass is 213 g/mol. The van der Waals surface area contributed by atoms with Crippen LogP contribution >= 0.6 is 0 Å². The summed E-state index contributed by atoms with van der Waals surface area (Å²) in [5.41, 5.74) is 4.63. The van der Waals surface area contributed by atoms with Crippen LogP contribution in [0.3, 0.4) is 0 Å². The van der Waals surface area contributed by atoms with E-state index in [9.17, 15) is 13.2 Å². The van der Waals surface area contributed by atoms with Crippen LogP contribution in [0, 0.1) is 17.5 Å². The molecule has 0 aliphatic rings. The molecule has 2 rings (SSSR count). The van der Waals surface area contributed by atoms with Crippen molar-refractivity contribution in [3.63, 3.8) is 0 Å². The highest BCUT2D eigenvalue weighted by atomic mass is 19.2. The normalized spacial score (nSPS) is 10.6. The van der Waals surface area contributed by atoms with E-state index in [0.29, 0.717) is 0 Å². The maximum Gasteiger partial charge on any atom is 0.192 e. The van der Waals surface area contributed by atoms with Crippen molar-refractivity contribution in [2.75, 3.05) is 5.73 Å². The molecular weight excluding hydrogens is 207 g/mol. The molecule has 0 bridgehead atoms. The van der Waals surface area contributed by atoms with Gasteiger partial charge in [-0.15, -0.1) is 0 Å². The molecule has 0 unspecified atom stereocenters. The molecule has 0 spiro atoms. The Hall–Kier alpha value is -1.98. The van der Waals surface area contributed by atoms with E-state index in [1.54, 1.807) is 0 Å². The van der Waals surface area contributed by atoms with Crippen LogP contribution in [0.4, 0.5) is 19.0 Å². The third-order valence-corrected chi connectivity index (χ3v) is 1.95. The Morgan fingerprint density at radius 3 is 2.47 bits per heavy atom.